The Hall–Kier alpha value is -2.25. The van der Waals surface area contributed by atoms with Crippen LogP contribution >= 0.6 is 0 Å². The lowest BCUT2D eigenvalue weighted by Gasteiger charge is -2.33. The molecule has 2 aromatic rings. The molecule has 2 aliphatic heterocycles. The van der Waals surface area contributed by atoms with Crippen LogP contribution in [0.2, 0.25) is 0 Å². The normalized spacial score (nSPS) is 21.2. The minimum absolute atomic E-state index is 0.259. The molecule has 7 nitrogen and oxygen atoms in total. The van der Waals surface area contributed by atoms with Gasteiger partial charge in [-0.05, 0) is 31.4 Å². The van der Waals surface area contributed by atoms with E-state index in [-0.39, 0.29) is 6.10 Å². The molecule has 4 rings (SSSR count). The third-order valence-electron chi connectivity index (χ3n) is 5.06. The first-order chi connectivity index (χ1) is 12.8. The van der Waals surface area contributed by atoms with Crippen molar-refractivity contribution < 1.29 is 9.47 Å². The first-order valence-electron chi connectivity index (χ1n) is 9.26. The molecule has 0 saturated carbocycles. The largest absolute Gasteiger partial charge is 0.381 e. The fourth-order valence-electron chi connectivity index (χ4n) is 3.55. The summed E-state index contributed by atoms with van der Waals surface area (Å²) in [6, 6.07) is 7.97. The molecule has 2 saturated heterocycles. The van der Waals surface area contributed by atoms with E-state index in [1.807, 2.05) is 18.2 Å². The molecular weight excluding hydrogens is 330 g/mol. The van der Waals surface area contributed by atoms with Crippen LogP contribution in [-0.2, 0) is 16.1 Å². The number of rotatable bonds is 5. The molecule has 1 atom stereocenters. The van der Waals surface area contributed by atoms with Gasteiger partial charge in [0.15, 0.2) is 0 Å². The summed E-state index contributed by atoms with van der Waals surface area (Å²) in [5.41, 5.74) is 7.92. The summed E-state index contributed by atoms with van der Waals surface area (Å²) in [5.74, 6) is 1.60. The van der Waals surface area contributed by atoms with Crippen LogP contribution in [0.4, 0.5) is 11.8 Å². The van der Waals surface area contributed by atoms with Gasteiger partial charge in [0.1, 0.15) is 5.82 Å². The second-order valence-electron chi connectivity index (χ2n) is 6.89. The van der Waals surface area contributed by atoms with Gasteiger partial charge in [0.05, 0.1) is 30.7 Å². The summed E-state index contributed by atoms with van der Waals surface area (Å²) in [5, 5.41) is 0. The average Bonchev–Trinajstić information content (AvgIpc) is 3.22. The highest BCUT2D eigenvalue weighted by molar-refractivity contribution is 5.44. The molecule has 2 fully saturated rings. The van der Waals surface area contributed by atoms with Gasteiger partial charge in [0.25, 0.3) is 0 Å². The van der Waals surface area contributed by atoms with Crippen molar-refractivity contribution in [3.63, 3.8) is 0 Å². The van der Waals surface area contributed by atoms with Crippen molar-refractivity contribution in [3.8, 4) is 0 Å². The lowest BCUT2D eigenvalue weighted by Crippen LogP contribution is -2.37. The molecule has 0 bridgehead atoms. The Bertz CT molecular complexity index is 713. The van der Waals surface area contributed by atoms with E-state index >= 15 is 0 Å². The maximum atomic E-state index is 6.02. The smallest absolute Gasteiger partial charge is 0.222 e. The quantitative estimate of drug-likeness (QED) is 0.879. The zero-order valence-corrected chi connectivity index (χ0v) is 14.9. The number of nitrogen functional groups attached to an aromatic ring is 1. The van der Waals surface area contributed by atoms with Gasteiger partial charge in [-0.1, -0.05) is 6.07 Å². The number of nitrogens with two attached hydrogens (primary N) is 1. The zero-order chi connectivity index (χ0) is 17.8. The van der Waals surface area contributed by atoms with Crippen LogP contribution in [0.5, 0.6) is 0 Å². The van der Waals surface area contributed by atoms with Gasteiger partial charge in [-0.3, -0.25) is 4.98 Å². The van der Waals surface area contributed by atoms with E-state index in [4.69, 9.17) is 15.2 Å². The van der Waals surface area contributed by atoms with Crippen molar-refractivity contribution in [2.45, 2.75) is 37.9 Å². The Morgan fingerprint density at radius 3 is 2.81 bits per heavy atom. The first-order valence-corrected chi connectivity index (χ1v) is 9.26. The Balaban J connectivity index is 1.34. The molecule has 0 radical (unpaired) electrons. The molecule has 7 heteroatoms. The Morgan fingerprint density at radius 2 is 2.08 bits per heavy atom. The molecule has 0 amide bonds. The summed E-state index contributed by atoms with van der Waals surface area (Å²) in [6.45, 7) is 3.90. The zero-order valence-electron chi connectivity index (χ0n) is 14.9. The molecule has 0 unspecified atom stereocenters. The van der Waals surface area contributed by atoms with Crippen LogP contribution in [0.1, 0.15) is 36.6 Å². The minimum Gasteiger partial charge on any atom is -0.381 e. The number of hydrogen-bond donors (Lipinski definition) is 1. The SMILES string of the molecule is Nc1nc([C@H]2CCOC2)cc(N2CCC(OCc3ccccn3)CC2)n1. The van der Waals surface area contributed by atoms with Crippen LogP contribution in [-0.4, -0.2) is 47.4 Å². The summed E-state index contributed by atoms with van der Waals surface area (Å²) in [7, 11) is 0. The van der Waals surface area contributed by atoms with E-state index in [1.54, 1.807) is 6.20 Å². The third-order valence-corrected chi connectivity index (χ3v) is 5.06. The second kappa shape index (κ2) is 7.97. The van der Waals surface area contributed by atoms with Crippen LogP contribution in [0.15, 0.2) is 30.5 Å². The van der Waals surface area contributed by atoms with Gasteiger partial charge in [0, 0.05) is 37.9 Å². The third kappa shape index (κ3) is 4.11. The summed E-state index contributed by atoms with van der Waals surface area (Å²) in [6.07, 6.45) is 5.00. The highest BCUT2D eigenvalue weighted by Crippen LogP contribution is 2.28. The molecule has 138 valence electrons. The number of pyridine rings is 1. The van der Waals surface area contributed by atoms with E-state index in [0.29, 0.717) is 18.5 Å². The lowest BCUT2D eigenvalue weighted by molar-refractivity contribution is 0.0234. The molecule has 0 aliphatic carbocycles. The molecule has 26 heavy (non-hydrogen) atoms. The second-order valence-corrected chi connectivity index (χ2v) is 6.89. The van der Waals surface area contributed by atoms with E-state index in [2.05, 4.69) is 25.9 Å². The lowest BCUT2D eigenvalue weighted by atomic mass is 10.0. The molecule has 2 aliphatic rings. The van der Waals surface area contributed by atoms with E-state index in [1.165, 1.54) is 0 Å². The van der Waals surface area contributed by atoms with Crippen LogP contribution in [0, 0.1) is 0 Å². The Labute approximate surface area is 153 Å². The van der Waals surface area contributed by atoms with Crippen molar-refractivity contribution >= 4 is 11.8 Å². The van der Waals surface area contributed by atoms with Crippen LogP contribution in [0.3, 0.4) is 0 Å². The number of aromatic nitrogens is 3. The Morgan fingerprint density at radius 1 is 1.19 bits per heavy atom. The van der Waals surface area contributed by atoms with E-state index < -0.39 is 0 Å². The number of nitrogens with zero attached hydrogens (tertiary/aromatic N) is 4. The van der Waals surface area contributed by atoms with Crippen molar-refractivity contribution in [2.75, 3.05) is 36.9 Å². The van der Waals surface area contributed by atoms with E-state index in [9.17, 15) is 0 Å². The molecular formula is C19H25N5O2. The number of anilines is 2. The van der Waals surface area contributed by atoms with Crippen molar-refractivity contribution in [3.05, 3.63) is 41.9 Å². The topological polar surface area (TPSA) is 86.4 Å². The highest BCUT2D eigenvalue weighted by atomic mass is 16.5. The minimum atomic E-state index is 0.259. The van der Waals surface area contributed by atoms with Crippen LogP contribution in [0.25, 0.3) is 0 Å². The van der Waals surface area contributed by atoms with Gasteiger partial charge < -0.3 is 20.1 Å². The molecule has 0 spiro atoms. The highest BCUT2D eigenvalue weighted by Gasteiger charge is 2.24. The van der Waals surface area contributed by atoms with Gasteiger partial charge in [-0.2, -0.15) is 4.98 Å². The summed E-state index contributed by atoms with van der Waals surface area (Å²) < 4.78 is 11.5. The van der Waals surface area contributed by atoms with Crippen molar-refractivity contribution in [1.29, 1.82) is 0 Å². The van der Waals surface area contributed by atoms with Crippen molar-refractivity contribution in [2.24, 2.45) is 0 Å². The number of ether oxygens (including phenoxy) is 2. The maximum Gasteiger partial charge on any atom is 0.222 e. The number of piperidine rings is 1. The van der Waals surface area contributed by atoms with Gasteiger partial charge in [0.2, 0.25) is 5.95 Å². The average molecular weight is 355 g/mol. The summed E-state index contributed by atoms with van der Waals surface area (Å²) >= 11 is 0. The number of hydrogen-bond acceptors (Lipinski definition) is 7. The van der Waals surface area contributed by atoms with Gasteiger partial charge >= 0.3 is 0 Å². The fourth-order valence-corrected chi connectivity index (χ4v) is 3.55. The first kappa shape index (κ1) is 17.2. The van der Waals surface area contributed by atoms with Gasteiger partial charge in [-0.25, -0.2) is 4.98 Å². The molecule has 4 heterocycles. The standard InChI is InChI=1S/C19H25N5O2/c20-19-22-17(14-6-10-25-12-14)11-18(23-19)24-8-4-16(5-9-24)26-13-15-3-1-2-7-21-15/h1-3,7,11,14,16H,4-6,8-10,12-13H2,(H2,20,22,23)/t14-/m0/s1. The summed E-state index contributed by atoms with van der Waals surface area (Å²) in [4.78, 5) is 15.4. The van der Waals surface area contributed by atoms with Crippen LogP contribution < -0.4 is 10.6 Å². The molecule has 0 aromatic carbocycles. The van der Waals surface area contributed by atoms with E-state index in [0.717, 1.165) is 62.8 Å². The predicted octanol–water partition coefficient (Wildman–Crippen LogP) is 2.14. The predicted molar refractivity (Wildman–Crippen MR) is 98.9 cm³/mol. The molecule has 2 N–H and O–H groups in total. The maximum absolute atomic E-state index is 6.02. The fraction of sp³-hybridized carbons (Fsp3) is 0.526. The van der Waals surface area contributed by atoms with Crippen molar-refractivity contribution in [1.82, 2.24) is 15.0 Å². The Kier molecular flexibility index (Phi) is 5.26. The van der Waals surface area contributed by atoms with Gasteiger partial charge in [-0.15, -0.1) is 0 Å². The monoisotopic (exact) mass is 355 g/mol. The molecule has 2 aromatic heterocycles.